The van der Waals surface area contributed by atoms with Gasteiger partial charge in [-0.15, -0.1) is 0 Å². The largest absolute Gasteiger partial charge is 0.496 e. The van der Waals surface area contributed by atoms with Crippen LogP contribution in [-0.2, 0) is 0 Å². The molecule has 0 spiro atoms. The van der Waals surface area contributed by atoms with Crippen LogP contribution in [0.1, 0.15) is 51.8 Å². The maximum absolute atomic E-state index is 11.3. The van der Waals surface area contributed by atoms with E-state index in [9.17, 15) is 10.2 Å². The summed E-state index contributed by atoms with van der Waals surface area (Å²) in [5, 5.41) is 24.7. The Kier molecular flexibility index (Phi) is 8.03. The summed E-state index contributed by atoms with van der Waals surface area (Å²) in [6, 6.07) is 10.8. The molecule has 0 bridgehead atoms. The second-order valence-electron chi connectivity index (χ2n) is 9.54. The van der Waals surface area contributed by atoms with Crippen LogP contribution in [0.25, 0.3) is 0 Å². The van der Waals surface area contributed by atoms with Gasteiger partial charge in [-0.25, -0.2) is 0 Å². The fraction of sp³-hybridized carbons (Fsp3) is 0.500. The Morgan fingerprint density at radius 2 is 1.70 bits per heavy atom. The lowest BCUT2D eigenvalue weighted by Gasteiger charge is -2.27. The third-order valence-electron chi connectivity index (χ3n) is 4.67. The molecule has 0 saturated carbocycles. The molecule has 3 N–H and O–H groups in total. The molecular formula is C24H34ClNO4. The van der Waals surface area contributed by atoms with Gasteiger partial charge >= 0.3 is 0 Å². The van der Waals surface area contributed by atoms with Crippen molar-refractivity contribution >= 4 is 17.3 Å². The zero-order chi connectivity index (χ0) is 22.5. The van der Waals surface area contributed by atoms with Crippen molar-refractivity contribution in [2.75, 3.05) is 32.2 Å². The third-order valence-corrected chi connectivity index (χ3v) is 4.89. The normalized spacial score (nSPS) is 13.1. The Balaban J connectivity index is 2.53. The third kappa shape index (κ3) is 6.53. The number of ether oxygens (including phenoxy) is 2. The molecule has 2 aromatic carbocycles. The molecule has 30 heavy (non-hydrogen) atoms. The fourth-order valence-electron chi connectivity index (χ4n) is 2.85. The van der Waals surface area contributed by atoms with Crippen LogP contribution >= 0.6 is 11.6 Å². The molecule has 0 aliphatic heterocycles. The summed E-state index contributed by atoms with van der Waals surface area (Å²) < 4.78 is 11.5. The van der Waals surface area contributed by atoms with E-state index in [0.29, 0.717) is 46.5 Å². The molecule has 166 valence electrons. The van der Waals surface area contributed by atoms with E-state index in [-0.39, 0.29) is 12.0 Å². The molecule has 0 radical (unpaired) electrons. The minimum atomic E-state index is -0.962. The lowest BCUT2D eigenvalue weighted by Crippen LogP contribution is -2.26. The van der Waals surface area contributed by atoms with Gasteiger partial charge in [0.15, 0.2) is 0 Å². The number of hydrogen-bond donors (Lipinski definition) is 3. The van der Waals surface area contributed by atoms with E-state index in [0.717, 1.165) is 0 Å². The van der Waals surface area contributed by atoms with E-state index in [1.807, 2.05) is 38.1 Å². The maximum Gasteiger partial charge on any atom is 0.144 e. The van der Waals surface area contributed by atoms with E-state index in [1.165, 1.54) is 0 Å². The highest BCUT2D eigenvalue weighted by atomic mass is 35.5. The van der Waals surface area contributed by atoms with E-state index in [1.54, 1.807) is 19.2 Å². The van der Waals surface area contributed by atoms with Crippen molar-refractivity contribution in [3.05, 3.63) is 52.5 Å². The molecule has 0 unspecified atom stereocenters. The number of aliphatic hydroxyl groups excluding tert-OH is 2. The summed E-state index contributed by atoms with van der Waals surface area (Å²) in [4.78, 5) is 0. The van der Waals surface area contributed by atoms with Gasteiger partial charge in [-0.2, -0.15) is 0 Å². The average Bonchev–Trinajstić information content (AvgIpc) is 2.69. The van der Waals surface area contributed by atoms with Crippen LogP contribution in [-0.4, -0.2) is 37.1 Å². The molecule has 0 saturated heterocycles. The van der Waals surface area contributed by atoms with Gasteiger partial charge in [0, 0.05) is 34.2 Å². The molecule has 0 aliphatic rings. The minimum Gasteiger partial charge on any atom is -0.496 e. The maximum atomic E-state index is 11.3. The molecule has 6 heteroatoms. The zero-order valence-corrected chi connectivity index (χ0v) is 19.5. The number of halogens is 1. The highest BCUT2D eigenvalue weighted by molar-refractivity contribution is 6.31. The lowest BCUT2D eigenvalue weighted by atomic mass is 9.94. The van der Waals surface area contributed by atoms with E-state index >= 15 is 0 Å². The predicted octanol–water partition coefficient (Wildman–Crippen LogP) is 5.29. The molecule has 0 fully saturated rings. The first kappa shape index (κ1) is 24.3. The summed E-state index contributed by atoms with van der Waals surface area (Å²) >= 11 is 6.40. The summed E-state index contributed by atoms with van der Waals surface area (Å²) in [6.45, 7) is 11.2. The number of para-hydroxylation sites is 1. The van der Waals surface area contributed by atoms with Crippen LogP contribution in [0, 0.1) is 10.8 Å². The van der Waals surface area contributed by atoms with Crippen molar-refractivity contribution in [3.63, 3.8) is 0 Å². The first-order chi connectivity index (χ1) is 14.0. The van der Waals surface area contributed by atoms with Gasteiger partial charge < -0.3 is 25.0 Å². The second-order valence-corrected chi connectivity index (χ2v) is 9.97. The first-order valence-corrected chi connectivity index (χ1v) is 10.5. The van der Waals surface area contributed by atoms with Gasteiger partial charge in [-0.1, -0.05) is 64.4 Å². The number of benzene rings is 2. The summed E-state index contributed by atoms with van der Waals surface area (Å²) in [7, 11) is 1.58. The van der Waals surface area contributed by atoms with Gasteiger partial charge in [-0.3, -0.25) is 0 Å². The Morgan fingerprint density at radius 1 is 1.03 bits per heavy atom. The molecule has 1 atom stereocenters. The van der Waals surface area contributed by atoms with Crippen LogP contribution in [0.3, 0.4) is 0 Å². The lowest BCUT2D eigenvalue weighted by molar-refractivity contribution is 0.0977. The number of methoxy groups -OCH3 is 1. The Morgan fingerprint density at radius 3 is 2.30 bits per heavy atom. The average molecular weight is 436 g/mol. The summed E-state index contributed by atoms with van der Waals surface area (Å²) in [5.41, 5.74) is 1.52. The highest BCUT2D eigenvalue weighted by Gasteiger charge is 2.25. The molecule has 2 aromatic rings. The van der Waals surface area contributed by atoms with Crippen molar-refractivity contribution in [2.24, 2.45) is 10.8 Å². The standard InChI is InChI=1S/C24H34ClNO4/c1-23(2,3)13-26-21-18(22(28)17-9-7-8-10-19(17)29-6)11-16(25)12-20(21)30-15-24(4,5)14-27/h7-12,22,26-28H,13-15H2,1-6H3/t22-/m1/s1. The van der Waals surface area contributed by atoms with Gasteiger partial charge in [-0.05, 0) is 17.5 Å². The number of aliphatic hydroxyl groups is 2. The summed E-state index contributed by atoms with van der Waals surface area (Å²) in [5.74, 6) is 1.13. The predicted molar refractivity (Wildman–Crippen MR) is 123 cm³/mol. The molecule has 0 aliphatic carbocycles. The number of rotatable bonds is 9. The molecule has 0 heterocycles. The SMILES string of the molecule is COc1ccccc1[C@@H](O)c1cc(Cl)cc(OCC(C)(C)CO)c1NCC(C)(C)C. The Labute approximate surface area is 185 Å². The second kappa shape index (κ2) is 9.90. The quantitative estimate of drug-likeness (QED) is 0.499. The van der Waals surface area contributed by atoms with Gasteiger partial charge in [0.05, 0.1) is 26.0 Å². The number of nitrogens with one attached hydrogen (secondary N) is 1. The molecular weight excluding hydrogens is 402 g/mol. The Bertz CT molecular complexity index is 846. The van der Waals surface area contributed by atoms with Crippen molar-refractivity contribution in [2.45, 2.75) is 40.7 Å². The van der Waals surface area contributed by atoms with Crippen molar-refractivity contribution in [3.8, 4) is 11.5 Å². The highest BCUT2D eigenvalue weighted by Crippen LogP contribution is 2.41. The fourth-order valence-corrected chi connectivity index (χ4v) is 3.07. The number of hydrogen-bond acceptors (Lipinski definition) is 5. The van der Waals surface area contributed by atoms with Gasteiger partial charge in [0.2, 0.25) is 0 Å². The Hall–Kier alpha value is -1.95. The summed E-state index contributed by atoms with van der Waals surface area (Å²) in [6.07, 6.45) is -0.962. The molecule has 2 rings (SSSR count). The van der Waals surface area contributed by atoms with Crippen molar-refractivity contribution < 1.29 is 19.7 Å². The van der Waals surface area contributed by atoms with E-state index in [2.05, 4.69) is 26.1 Å². The van der Waals surface area contributed by atoms with Crippen LogP contribution < -0.4 is 14.8 Å². The van der Waals surface area contributed by atoms with Crippen LogP contribution in [0.2, 0.25) is 5.02 Å². The minimum absolute atomic E-state index is 0.00495. The van der Waals surface area contributed by atoms with Crippen LogP contribution in [0.5, 0.6) is 11.5 Å². The smallest absolute Gasteiger partial charge is 0.144 e. The van der Waals surface area contributed by atoms with Crippen molar-refractivity contribution in [1.82, 2.24) is 0 Å². The van der Waals surface area contributed by atoms with E-state index < -0.39 is 11.5 Å². The molecule has 5 nitrogen and oxygen atoms in total. The topological polar surface area (TPSA) is 71.0 Å². The monoisotopic (exact) mass is 435 g/mol. The van der Waals surface area contributed by atoms with Gasteiger partial charge in [0.1, 0.15) is 17.6 Å². The van der Waals surface area contributed by atoms with E-state index in [4.69, 9.17) is 21.1 Å². The number of anilines is 1. The zero-order valence-electron chi connectivity index (χ0n) is 18.8. The van der Waals surface area contributed by atoms with Crippen molar-refractivity contribution in [1.29, 1.82) is 0 Å². The van der Waals surface area contributed by atoms with Crippen LogP contribution in [0.15, 0.2) is 36.4 Å². The first-order valence-electron chi connectivity index (χ1n) is 10.1. The molecule has 0 aromatic heterocycles. The molecule has 0 amide bonds. The van der Waals surface area contributed by atoms with Gasteiger partial charge in [0.25, 0.3) is 0 Å². The van der Waals surface area contributed by atoms with Crippen LogP contribution in [0.4, 0.5) is 5.69 Å².